The molecule has 5 heteroatoms. The predicted molar refractivity (Wildman–Crippen MR) is 54.5 cm³/mol. The second kappa shape index (κ2) is 3.09. The molecular weight excluding hydrogens is 218 g/mol. The predicted octanol–water partition coefficient (Wildman–Crippen LogP) is 1.05. The largest absolute Gasteiger partial charge is 0.454 e. The van der Waals surface area contributed by atoms with Gasteiger partial charge < -0.3 is 4.74 Å². The normalized spacial score (nSPS) is 37.1. The number of ether oxygens (including phenoxy) is 1. The topological polar surface area (TPSA) is 97.7 Å². The Bertz CT molecular complexity index is 544. The van der Waals surface area contributed by atoms with E-state index in [0.29, 0.717) is 5.57 Å². The lowest BCUT2D eigenvalue weighted by Crippen LogP contribution is -2.50. The Balaban J connectivity index is 2.85. The number of carbonyl (C=O) groups excluding carboxylic acids is 1. The molecule has 1 aliphatic heterocycles. The maximum Gasteiger partial charge on any atom is 0.330 e. The summed E-state index contributed by atoms with van der Waals surface area (Å²) in [7, 11) is 0. The lowest BCUT2D eigenvalue weighted by atomic mass is 9.55. The van der Waals surface area contributed by atoms with Gasteiger partial charge in [0.1, 0.15) is 0 Å². The number of hydrogen-bond acceptors (Lipinski definition) is 5. The quantitative estimate of drug-likeness (QED) is 0.455. The van der Waals surface area contributed by atoms with E-state index in [2.05, 4.69) is 0 Å². The minimum atomic E-state index is -1.74. The number of nitriles is 3. The smallest absolute Gasteiger partial charge is 0.330 e. The van der Waals surface area contributed by atoms with Crippen LogP contribution in [0.15, 0.2) is 11.6 Å². The van der Waals surface area contributed by atoms with Crippen molar-refractivity contribution in [2.75, 3.05) is 0 Å². The zero-order valence-corrected chi connectivity index (χ0v) is 9.39. The summed E-state index contributed by atoms with van der Waals surface area (Å²) >= 11 is 0. The van der Waals surface area contributed by atoms with Gasteiger partial charge in [-0.15, -0.1) is 0 Å². The SMILES string of the molecule is CC1=C[C@@H](C)[C@@]2(C#N)C(=O)O[C@@H]1C2(C#N)C#N. The Kier molecular flexibility index (Phi) is 2.03. The Morgan fingerprint density at radius 1 is 1.29 bits per heavy atom. The van der Waals surface area contributed by atoms with Crippen molar-refractivity contribution in [3.05, 3.63) is 11.6 Å². The molecular formula is C12H9N3O2. The molecule has 0 saturated carbocycles. The highest BCUT2D eigenvalue weighted by Crippen LogP contribution is 2.58. The van der Waals surface area contributed by atoms with Crippen molar-refractivity contribution < 1.29 is 9.53 Å². The molecule has 0 aromatic rings. The highest BCUT2D eigenvalue weighted by molar-refractivity contribution is 5.88. The number of rotatable bonds is 0. The van der Waals surface area contributed by atoms with Crippen LogP contribution in [0.1, 0.15) is 13.8 Å². The van der Waals surface area contributed by atoms with E-state index in [9.17, 15) is 20.6 Å². The monoisotopic (exact) mass is 227 g/mol. The molecule has 0 amide bonds. The van der Waals surface area contributed by atoms with E-state index < -0.39 is 28.8 Å². The number of esters is 1. The fraction of sp³-hybridized carbons (Fsp3) is 0.500. The number of fused-ring (bicyclic) bond motifs is 2. The molecule has 0 radical (unpaired) electrons. The third kappa shape index (κ3) is 0.894. The summed E-state index contributed by atoms with van der Waals surface area (Å²) in [6.45, 7) is 3.35. The third-order valence-corrected chi connectivity index (χ3v) is 3.70. The van der Waals surface area contributed by atoms with Crippen molar-refractivity contribution in [3.63, 3.8) is 0 Å². The average molecular weight is 227 g/mol. The minimum absolute atomic E-state index is 0.516. The fourth-order valence-electron chi connectivity index (χ4n) is 2.80. The number of allylic oxidation sites excluding steroid dienone is 1. The molecule has 1 saturated heterocycles. The molecule has 17 heavy (non-hydrogen) atoms. The van der Waals surface area contributed by atoms with Crippen LogP contribution in [0, 0.1) is 50.7 Å². The number of carbonyl (C=O) groups is 1. The van der Waals surface area contributed by atoms with Gasteiger partial charge in [0.25, 0.3) is 0 Å². The number of nitrogens with zero attached hydrogens (tertiary/aromatic N) is 3. The van der Waals surface area contributed by atoms with Gasteiger partial charge in [0.2, 0.25) is 5.41 Å². The molecule has 1 aliphatic carbocycles. The van der Waals surface area contributed by atoms with Crippen LogP contribution in [0.5, 0.6) is 0 Å². The van der Waals surface area contributed by atoms with Gasteiger partial charge in [-0.25, -0.2) is 0 Å². The van der Waals surface area contributed by atoms with Gasteiger partial charge in [-0.05, 0) is 12.5 Å². The highest BCUT2D eigenvalue weighted by atomic mass is 16.6. The molecule has 0 spiro atoms. The average Bonchev–Trinajstić information content (AvgIpc) is 2.53. The Morgan fingerprint density at radius 3 is 2.35 bits per heavy atom. The van der Waals surface area contributed by atoms with E-state index in [1.54, 1.807) is 19.9 Å². The maximum absolute atomic E-state index is 11.9. The summed E-state index contributed by atoms with van der Waals surface area (Å²) in [6, 6.07) is 5.54. The van der Waals surface area contributed by atoms with E-state index in [0.717, 1.165) is 0 Å². The Labute approximate surface area is 98.5 Å². The molecule has 3 atom stereocenters. The lowest BCUT2D eigenvalue weighted by Gasteiger charge is -2.36. The van der Waals surface area contributed by atoms with E-state index in [-0.39, 0.29) is 0 Å². The lowest BCUT2D eigenvalue weighted by molar-refractivity contribution is -0.146. The van der Waals surface area contributed by atoms with Gasteiger partial charge in [-0.2, -0.15) is 15.8 Å². The first kappa shape index (κ1) is 11.2. The highest BCUT2D eigenvalue weighted by Gasteiger charge is 2.74. The van der Waals surface area contributed by atoms with Gasteiger partial charge in [0, 0.05) is 5.92 Å². The first-order chi connectivity index (χ1) is 8.00. The molecule has 5 nitrogen and oxygen atoms in total. The van der Waals surface area contributed by atoms with Crippen LogP contribution >= 0.6 is 0 Å². The second-order valence-corrected chi connectivity index (χ2v) is 4.44. The van der Waals surface area contributed by atoms with Gasteiger partial charge in [-0.1, -0.05) is 13.0 Å². The van der Waals surface area contributed by atoms with Crippen molar-refractivity contribution in [2.45, 2.75) is 20.0 Å². The first-order valence-corrected chi connectivity index (χ1v) is 5.13. The maximum atomic E-state index is 11.9. The Hall–Kier alpha value is -2.32. The standard InChI is InChI=1S/C12H9N3O2/c1-7-3-8(2)12(6-15)10(16)17-9(7)11(12,4-13)5-14/h3,8-9H,1-2H3/t8-,9+,12+/m1/s1. The molecule has 0 N–H and O–H groups in total. The zero-order valence-electron chi connectivity index (χ0n) is 9.39. The molecule has 2 rings (SSSR count). The van der Waals surface area contributed by atoms with Gasteiger partial charge >= 0.3 is 5.97 Å². The fourth-order valence-corrected chi connectivity index (χ4v) is 2.80. The molecule has 0 unspecified atom stereocenters. The van der Waals surface area contributed by atoms with Crippen molar-refractivity contribution >= 4 is 5.97 Å². The third-order valence-electron chi connectivity index (χ3n) is 3.70. The summed E-state index contributed by atoms with van der Waals surface area (Å²) in [5, 5.41) is 27.9. The molecule has 1 heterocycles. The van der Waals surface area contributed by atoms with E-state index in [4.69, 9.17) is 4.74 Å². The van der Waals surface area contributed by atoms with Crippen molar-refractivity contribution in [1.82, 2.24) is 0 Å². The van der Waals surface area contributed by atoms with Crippen LogP contribution in [0.2, 0.25) is 0 Å². The number of hydrogen-bond donors (Lipinski definition) is 0. The van der Waals surface area contributed by atoms with Crippen LogP contribution in [-0.2, 0) is 9.53 Å². The first-order valence-electron chi connectivity index (χ1n) is 5.13. The minimum Gasteiger partial charge on any atom is -0.454 e. The van der Waals surface area contributed by atoms with Crippen LogP contribution in [-0.4, -0.2) is 12.1 Å². The molecule has 84 valence electrons. The van der Waals surface area contributed by atoms with Crippen LogP contribution in [0.4, 0.5) is 0 Å². The summed E-state index contributed by atoms with van der Waals surface area (Å²) in [5.74, 6) is -1.29. The van der Waals surface area contributed by atoms with Crippen LogP contribution < -0.4 is 0 Å². The molecule has 1 fully saturated rings. The van der Waals surface area contributed by atoms with Gasteiger partial charge in [0.05, 0.1) is 18.2 Å². The summed E-state index contributed by atoms with van der Waals surface area (Å²) in [5.41, 5.74) is -2.80. The van der Waals surface area contributed by atoms with Crippen molar-refractivity contribution in [2.24, 2.45) is 16.7 Å². The van der Waals surface area contributed by atoms with Crippen LogP contribution in [0.3, 0.4) is 0 Å². The summed E-state index contributed by atoms with van der Waals surface area (Å²) in [6.07, 6.45) is 0.798. The molecule has 0 aromatic carbocycles. The van der Waals surface area contributed by atoms with E-state index >= 15 is 0 Å². The van der Waals surface area contributed by atoms with Crippen molar-refractivity contribution in [1.29, 1.82) is 15.8 Å². The van der Waals surface area contributed by atoms with Gasteiger partial charge in [0.15, 0.2) is 11.5 Å². The van der Waals surface area contributed by atoms with Gasteiger partial charge in [-0.3, -0.25) is 4.79 Å². The van der Waals surface area contributed by atoms with Crippen molar-refractivity contribution in [3.8, 4) is 18.2 Å². The molecule has 2 bridgehead atoms. The van der Waals surface area contributed by atoms with E-state index in [1.807, 2.05) is 18.2 Å². The zero-order chi connectivity index (χ0) is 12.8. The molecule has 0 aromatic heterocycles. The van der Waals surface area contributed by atoms with Crippen LogP contribution in [0.25, 0.3) is 0 Å². The second-order valence-electron chi connectivity index (χ2n) is 4.44. The Morgan fingerprint density at radius 2 is 1.88 bits per heavy atom. The summed E-state index contributed by atoms with van der Waals surface area (Å²) < 4.78 is 5.09. The summed E-state index contributed by atoms with van der Waals surface area (Å²) in [4.78, 5) is 11.9. The van der Waals surface area contributed by atoms with E-state index in [1.165, 1.54) is 0 Å². The molecule has 2 aliphatic rings.